The van der Waals surface area contributed by atoms with Crippen LogP contribution in [0.1, 0.15) is 0 Å². The minimum absolute atomic E-state index is 0.700. The molecule has 0 N–H and O–H groups in total. The molecule has 63 heavy (non-hydrogen) atoms. The lowest BCUT2D eigenvalue weighted by Crippen LogP contribution is -2.00. The lowest BCUT2D eigenvalue weighted by molar-refractivity contribution is 1.13. The molecule has 5 nitrogen and oxygen atoms in total. The molecule has 0 unspecified atom stereocenters. The Morgan fingerprint density at radius 3 is 1.49 bits per heavy atom. The van der Waals surface area contributed by atoms with Crippen molar-refractivity contribution in [3.63, 3.8) is 0 Å². The highest BCUT2D eigenvalue weighted by Gasteiger charge is 2.24. The molecule has 0 spiro atoms. The van der Waals surface area contributed by atoms with Crippen LogP contribution in [0.5, 0.6) is 0 Å². The van der Waals surface area contributed by atoms with Crippen LogP contribution in [0.3, 0.4) is 0 Å². The molecule has 4 heterocycles. The fraction of sp³-hybridized carbons (Fsp3) is 0. The van der Waals surface area contributed by atoms with Crippen LogP contribution in [-0.2, 0) is 0 Å². The van der Waals surface area contributed by atoms with E-state index in [1.54, 1.807) is 0 Å². The molecule has 0 atom stereocenters. The van der Waals surface area contributed by atoms with Crippen LogP contribution in [0, 0.1) is 0 Å². The Balaban J connectivity index is 1.12. The van der Waals surface area contributed by atoms with Crippen LogP contribution in [-0.4, -0.2) is 23.7 Å². The van der Waals surface area contributed by atoms with Gasteiger partial charge in [-0.15, -0.1) is 0 Å². The molecule has 0 radical (unpaired) electrons. The Hall–Kier alpha value is -8.54. The molecular formula is C58H37N5. The molecule has 0 aliphatic heterocycles. The number of rotatable bonds is 6. The van der Waals surface area contributed by atoms with E-state index < -0.39 is 0 Å². The van der Waals surface area contributed by atoms with Gasteiger partial charge < -0.3 is 13.7 Å². The van der Waals surface area contributed by atoms with Crippen molar-refractivity contribution in [2.45, 2.75) is 0 Å². The van der Waals surface area contributed by atoms with Gasteiger partial charge in [-0.3, -0.25) is 0 Å². The number of nitrogens with zero attached hydrogens (tertiary/aromatic N) is 5. The predicted molar refractivity (Wildman–Crippen MR) is 261 cm³/mol. The van der Waals surface area contributed by atoms with E-state index in [4.69, 9.17) is 9.97 Å². The van der Waals surface area contributed by atoms with E-state index in [1.807, 2.05) is 24.3 Å². The molecular weight excluding hydrogens is 767 g/mol. The Labute approximate surface area is 363 Å². The summed E-state index contributed by atoms with van der Waals surface area (Å²) < 4.78 is 7.38. The number of benzene rings is 9. The second kappa shape index (κ2) is 14.0. The summed E-state index contributed by atoms with van der Waals surface area (Å²) >= 11 is 0. The highest BCUT2D eigenvalue weighted by Crippen LogP contribution is 2.45. The fourth-order valence-corrected chi connectivity index (χ4v) is 9.92. The van der Waals surface area contributed by atoms with Crippen molar-refractivity contribution in [2.24, 2.45) is 0 Å². The zero-order valence-corrected chi connectivity index (χ0v) is 34.1. The summed E-state index contributed by atoms with van der Waals surface area (Å²) in [4.78, 5) is 10.3. The second-order valence-electron chi connectivity index (χ2n) is 16.2. The maximum atomic E-state index is 5.23. The molecule has 4 aromatic heterocycles. The zero-order chi connectivity index (χ0) is 41.4. The van der Waals surface area contributed by atoms with Crippen LogP contribution in [0.2, 0.25) is 0 Å². The maximum absolute atomic E-state index is 5.23. The van der Waals surface area contributed by atoms with Gasteiger partial charge in [0.25, 0.3) is 0 Å². The average molecular weight is 804 g/mol. The molecule has 9 aromatic carbocycles. The van der Waals surface area contributed by atoms with Crippen LogP contribution in [0.25, 0.3) is 116 Å². The maximum Gasteiger partial charge on any atom is 0.160 e. The van der Waals surface area contributed by atoms with Gasteiger partial charge in [0.2, 0.25) is 0 Å². The highest BCUT2D eigenvalue weighted by molar-refractivity contribution is 6.27. The number of hydrogen-bond donors (Lipinski definition) is 0. The molecule has 5 heteroatoms. The summed E-state index contributed by atoms with van der Waals surface area (Å²) in [6, 6.07) is 80.2. The van der Waals surface area contributed by atoms with Crippen molar-refractivity contribution >= 4 is 65.4 Å². The number of fused-ring (bicyclic) bond motifs is 10. The van der Waals surface area contributed by atoms with Gasteiger partial charge in [0.05, 0.1) is 50.2 Å². The number of aromatic nitrogens is 5. The molecule has 0 saturated carbocycles. The molecule has 13 aromatic rings. The SMILES string of the molecule is c1ccc(-c2cc(-c3ccc4c5ccc6c(c7ccccc7n6-c6cccc7c8ccccc8n(-c8ccccc8)c67)c5n(-c5ccccc5)c4c3)nc(-c3ccccc3)n2)cc1. The van der Waals surface area contributed by atoms with E-state index in [2.05, 4.69) is 214 Å². The van der Waals surface area contributed by atoms with Crippen molar-refractivity contribution in [1.82, 2.24) is 23.7 Å². The first-order valence-electron chi connectivity index (χ1n) is 21.4. The smallest absolute Gasteiger partial charge is 0.160 e. The predicted octanol–water partition coefficient (Wildman–Crippen LogP) is 14.8. The van der Waals surface area contributed by atoms with Crippen LogP contribution < -0.4 is 0 Å². The molecule has 0 saturated heterocycles. The minimum atomic E-state index is 0.700. The third-order valence-electron chi connectivity index (χ3n) is 12.6. The van der Waals surface area contributed by atoms with E-state index in [1.165, 1.54) is 48.9 Å². The first-order valence-corrected chi connectivity index (χ1v) is 21.4. The Kier molecular flexibility index (Phi) is 7.84. The largest absolute Gasteiger partial charge is 0.309 e. The lowest BCUT2D eigenvalue weighted by Gasteiger charge is -2.14. The van der Waals surface area contributed by atoms with Crippen molar-refractivity contribution < 1.29 is 0 Å². The quantitative estimate of drug-likeness (QED) is 0.168. The molecule has 0 bridgehead atoms. The molecule has 13 rings (SSSR count). The van der Waals surface area contributed by atoms with Crippen molar-refractivity contribution in [1.29, 1.82) is 0 Å². The first kappa shape index (κ1) is 35.2. The molecule has 0 fully saturated rings. The van der Waals surface area contributed by atoms with Crippen molar-refractivity contribution in [3.05, 3.63) is 224 Å². The molecule has 0 amide bonds. The van der Waals surface area contributed by atoms with Crippen LogP contribution in [0.15, 0.2) is 224 Å². The Bertz CT molecular complexity index is 3820. The lowest BCUT2D eigenvalue weighted by atomic mass is 10.0. The van der Waals surface area contributed by atoms with E-state index in [-0.39, 0.29) is 0 Å². The van der Waals surface area contributed by atoms with Crippen LogP contribution >= 0.6 is 0 Å². The summed E-state index contributed by atoms with van der Waals surface area (Å²) in [6.45, 7) is 0. The van der Waals surface area contributed by atoms with Crippen molar-refractivity contribution in [2.75, 3.05) is 0 Å². The van der Waals surface area contributed by atoms with Gasteiger partial charge in [-0.05, 0) is 60.7 Å². The zero-order valence-electron chi connectivity index (χ0n) is 34.1. The number of hydrogen-bond acceptors (Lipinski definition) is 2. The van der Waals surface area contributed by atoms with E-state index >= 15 is 0 Å². The minimum Gasteiger partial charge on any atom is -0.309 e. The third kappa shape index (κ3) is 5.43. The summed E-state index contributed by atoms with van der Waals surface area (Å²) in [5.74, 6) is 0.700. The molecule has 0 aliphatic carbocycles. The van der Waals surface area contributed by atoms with E-state index in [0.29, 0.717) is 5.82 Å². The van der Waals surface area contributed by atoms with Gasteiger partial charge in [0.15, 0.2) is 5.82 Å². The standard InChI is InChI=1S/C58H37N5/c1-5-18-38(19-6-1)48-37-49(60-58(59-48)39-20-7-2-8-21-39)40-32-33-44-46-34-35-52-55(57(46)62(54(44)36-40)42-24-11-4-12-25-42)47-27-14-16-30-51(47)63(52)53-31-17-28-45-43-26-13-15-29-50(43)61(56(45)53)41-22-9-3-10-23-41/h1-37H. The van der Waals surface area contributed by atoms with E-state index in [0.717, 1.165) is 61.7 Å². The summed E-state index contributed by atoms with van der Waals surface area (Å²) in [5, 5.41) is 7.25. The monoisotopic (exact) mass is 803 g/mol. The van der Waals surface area contributed by atoms with Gasteiger partial charge in [0.1, 0.15) is 0 Å². The summed E-state index contributed by atoms with van der Waals surface area (Å²) in [6.07, 6.45) is 0. The highest BCUT2D eigenvalue weighted by atomic mass is 15.1. The third-order valence-corrected chi connectivity index (χ3v) is 12.6. The Morgan fingerprint density at radius 2 is 0.794 bits per heavy atom. The van der Waals surface area contributed by atoms with Crippen LogP contribution in [0.4, 0.5) is 0 Å². The molecule has 0 aliphatic rings. The first-order chi connectivity index (χ1) is 31.3. The Morgan fingerprint density at radius 1 is 0.286 bits per heavy atom. The average Bonchev–Trinajstić information content (AvgIpc) is 4.00. The second-order valence-corrected chi connectivity index (χ2v) is 16.2. The fourth-order valence-electron chi connectivity index (χ4n) is 9.92. The van der Waals surface area contributed by atoms with Gasteiger partial charge in [-0.2, -0.15) is 0 Å². The number of para-hydroxylation sites is 5. The summed E-state index contributed by atoms with van der Waals surface area (Å²) in [7, 11) is 0. The van der Waals surface area contributed by atoms with Crippen molar-refractivity contribution in [3.8, 4) is 51.0 Å². The van der Waals surface area contributed by atoms with Gasteiger partial charge in [-0.25, -0.2) is 9.97 Å². The van der Waals surface area contributed by atoms with Gasteiger partial charge in [0, 0.05) is 60.4 Å². The van der Waals surface area contributed by atoms with Gasteiger partial charge >= 0.3 is 0 Å². The van der Waals surface area contributed by atoms with Gasteiger partial charge in [-0.1, -0.05) is 164 Å². The normalized spacial score (nSPS) is 11.8. The topological polar surface area (TPSA) is 40.6 Å². The van der Waals surface area contributed by atoms with E-state index in [9.17, 15) is 0 Å². The molecule has 294 valence electrons. The summed E-state index contributed by atoms with van der Waals surface area (Å²) in [5.41, 5.74) is 15.1.